The molecule has 2 N–H and O–H groups in total. The highest BCUT2D eigenvalue weighted by molar-refractivity contribution is 6.42. The second-order valence-electron chi connectivity index (χ2n) is 6.25. The molecule has 0 fully saturated rings. The minimum absolute atomic E-state index is 0.147. The van der Waals surface area contributed by atoms with Gasteiger partial charge in [0.25, 0.3) is 5.91 Å². The predicted octanol–water partition coefficient (Wildman–Crippen LogP) is 3.58. The third kappa shape index (κ3) is 3.80. The van der Waals surface area contributed by atoms with Crippen LogP contribution in [0.5, 0.6) is 0 Å². The number of carboxylic acids is 1. The summed E-state index contributed by atoms with van der Waals surface area (Å²) in [5.41, 5.74) is -0.336. The lowest BCUT2D eigenvalue weighted by Crippen LogP contribution is -2.50. The first-order valence-corrected chi connectivity index (χ1v) is 8.37. The molecule has 25 heavy (non-hydrogen) atoms. The molecule has 2 aromatic rings. The molecule has 0 bridgehead atoms. The van der Waals surface area contributed by atoms with Gasteiger partial charge in [-0.15, -0.1) is 0 Å². The number of hydrogen-bond donors (Lipinski definition) is 2. The van der Waals surface area contributed by atoms with Crippen molar-refractivity contribution < 1.29 is 14.7 Å². The van der Waals surface area contributed by atoms with Crippen molar-refractivity contribution in [3.05, 3.63) is 51.3 Å². The first-order chi connectivity index (χ1) is 11.6. The molecule has 0 saturated carbocycles. The number of carbonyl (C=O) groups is 2. The maximum atomic E-state index is 12.7. The molecular weight excluding hydrogens is 365 g/mol. The molecule has 0 saturated heterocycles. The van der Waals surface area contributed by atoms with Crippen LogP contribution in [-0.4, -0.2) is 26.8 Å². The Labute approximate surface area is 155 Å². The Balaban J connectivity index is 2.40. The second kappa shape index (κ2) is 7.06. The van der Waals surface area contributed by atoms with Crippen LogP contribution >= 0.6 is 23.2 Å². The van der Waals surface area contributed by atoms with Crippen LogP contribution in [-0.2, 0) is 17.4 Å². The molecule has 1 aromatic carbocycles. The Morgan fingerprint density at radius 2 is 1.88 bits per heavy atom. The highest BCUT2D eigenvalue weighted by Gasteiger charge is 2.38. The van der Waals surface area contributed by atoms with E-state index < -0.39 is 17.4 Å². The van der Waals surface area contributed by atoms with Crippen molar-refractivity contribution >= 4 is 35.1 Å². The summed E-state index contributed by atoms with van der Waals surface area (Å²) in [6.45, 7) is 5.31. The Hall–Kier alpha value is -2.05. The van der Waals surface area contributed by atoms with Gasteiger partial charge in [-0.1, -0.05) is 43.1 Å². The molecule has 1 atom stereocenters. The third-order valence-electron chi connectivity index (χ3n) is 4.01. The van der Waals surface area contributed by atoms with Crippen LogP contribution in [0.4, 0.5) is 0 Å². The van der Waals surface area contributed by atoms with Crippen molar-refractivity contribution in [2.75, 3.05) is 0 Å². The lowest BCUT2D eigenvalue weighted by molar-refractivity contribution is -0.144. The molecule has 0 spiro atoms. The van der Waals surface area contributed by atoms with E-state index in [1.165, 1.54) is 29.8 Å². The van der Waals surface area contributed by atoms with Crippen LogP contribution in [0.2, 0.25) is 10.0 Å². The number of carboxylic acid groups (broad SMARTS) is 1. The molecule has 6 nitrogen and oxygen atoms in total. The largest absolute Gasteiger partial charge is 0.479 e. The molecule has 0 aliphatic rings. The van der Waals surface area contributed by atoms with E-state index in [2.05, 4.69) is 10.4 Å². The standard InChI is InChI=1S/C17H19Cl2N3O3/c1-9(2)13-8-14(22(4)21-13)15(23)20-17(3,16(24)25)10-5-6-11(18)12(19)7-10/h5-9H,1-4H3,(H,20,23)(H,24,25). The highest BCUT2D eigenvalue weighted by Crippen LogP contribution is 2.29. The van der Waals surface area contributed by atoms with E-state index >= 15 is 0 Å². The highest BCUT2D eigenvalue weighted by atomic mass is 35.5. The van der Waals surface area contributed by atoms with E-state index in [0.717, 1.165) is 5.69 Å². The van der Waals surface area contributed by atoms with Gasteiger partial charge in [-0.3, -0.25) is 9.48 Å². The third-order valence-corrected chi connectivity index (χ3v) is 4.75. The number of aromatic nitrogens is 2. The topological polar surface area (TPSA) is 84.2 Å². The van der Waals surface area contributed by atoms with Gasteiger partial charge < -0.3 is 10.4 Å². The van der Waals surface area contributed by atoms with Crippen molar-refractivity contribution in [1.29, 1.82) is 0 Å². The lowest BCUT2D eigenvalue weighted by atomic mass is 9.92. The molecular formula is C17H19Cl2N3O3. The van der Waals surface area contributed by atoms with Gasteiger partial charge in [0.1, 0.15) is 5.69 Å². The number of hydrogen-bond acceptors (Lipinski definition) is 3. The molecule has 1 aromatic heterocycles. The molecule has 0 aliphatic carbocycles. The average molecular weight is 384 g/mol. The van der Waals surface area contributed by atoms with E-state index in [1.807, 2.05) is 13.8 Å². The van der Waals surface area contributed by atoms with Gasteiger partial charge in [0.15, 0.2) is 5.54 Å². The average Bonchev–Trinajstić information content (AvgIpc) is 2.92. The number of nitrogens with zero attached hydrogens (tertiary/aromatic N) is 2. The molecule has 2 rings (SSSR count). The van der Waals surface area contributed by atoms with Gasteiger partial charge >= 0.3 is 5.97 Å². The molecule has 0 radical (unpaired) electrons. The van der Waals surface area contributed by atoms with E-state index in [9.17, 15) is 14.7 Å². The minimum Gasteiger partial charge on any atom is -0.479 e. The van der Waals surface area contributed by atoms with Crippen molar-refractivity contribution in [3.8, 4) is 0 Å². The van der Waals surface area contributed by atoms with Gasteiger partial charge in [-0.25, -0.2) is 4.79 Å². The van der Waals surface area contributed by atoms with Gasteiger partial charge in [0, 0.05) is 7.05 Å². The van der Waals surface area contributed by atoms with Crippen molar-refractivity contribution in [2.24, 2.45) is 7.05 Å². The molecule has 134 valence electrons. The van der Waals surface area contributed by atoms with E-state index in [4.69, 9.17) is 23.2 Å². The number of benzene rings is 1. The molecule has 0 aliphatic heterocycles. The molecule has 1 unspecified atom stereocenters. The van der Waals surface area contributed by atoms with Gasteiger partial charge in [0.05, 0.1) is 15.7 Å². The summed E-state index contributed by atoms with van der Waals surface area (Å²) in [4.78, 5) is 24.5. The van der Waals surface area contributed by atoms with Crippen LogP contribution in [0.25, 0.3) is 0 Å². The summed E-state index contributed by atoms with van der Waals surface area (Å²) in [6, 6.07) is 6.09. The van der Waals surface area contributed by atoms with E-state index in [-0.39, 0.29) is 16.6 Å². The SMILES string of the molecule is CC(C)c1cc(C(=O)NC(C)(C(=O)O)c2ccc(Cl)c(Cl)c2)n(C)n1. The number of aryl methyl sites for hydroxylation is 1. The van der Waals surface area contributed by atoms with Crippen LogP contribution in [0, 0.1) is 0 Å². The first-order valence-electron chi connectivity index (χ1n) is 7.61. The summed E-state index contributed by atoms with van der Waals surface area (Å²) in [5, 5.41) is 17.0. The first kappa shape index (κ1) is 19.3. The maximum absolute atomic E-state index is 12.7. The summed E-state index contributed by atoms with van der Waals surface area (Å²) in [7, 11) is 1.64. The quantitative estimate of drug-likeness (QED) is 0.825. The van der Waals surface area contributed by atoms with Crippen LogP contribution in [0.15, 0.2) is 24.3 Å². The molecule has 1 amide bonds. The number of amides is 1. The van der Waals surface area contributed by atoms with Crippen molar-refractivity contribution in [3.63, 3.8) is 0 Å². The predicted molar refractivity (Wildman–Crippen MR) is 96.2 cm³/mol. The monoisotopic (exact) mass is 383 g/mol. The van der Waals surface area contributed by atoms with Gasteiger partial charge in [0.2, 0.25) is 0 Å². The number of rotatable bonds is 5. The smallest absolute Gasteiger partial charge is 0.333 e. The van der Waals surface area contributed by atoms with Crippen molar-refractivity contribution in [2.45, 2.75) is 32.2 Å². The van der Waals surface area contributed by atoms with Crippen LogP contribution in [0.3, 0.4) is 0 Å². The fraction of sp³-hybridized carbons (Fsp3) is 0.353. The Morgan fingerprint density at radius 1 is 1.24 bits per heavy atom. The van der Waals surface area contributed by atoms with Crippen LogP contribution in [0.1, 0.15) is 48.4 Å². The Morgan fingerprint density at radius 3 is 2.36 bits per heavy atom. The zero-order valence-electron chi connectivity index (χ0n) is 14.3. The number of aliphatic carboxylic acids is 1. The normalized spacial score (nSPS) is 13.6. The maximum Gasteiger partial charge on any atom is 0.333 e. The van der Waals surface area contributed by atoms with E-state index in [0.29, 0.717) is 10.6 Å². The number of carbonyl (C=O) groups excluding carboxylic acids is 1. The lowest BCUT2D eigenvalue weighted by Gasteiger charge is -2.27. The van der Waals surface area contributed by atoms with Crippen molar-refractivity contribution in [1.82, 2.24) is 15.1 Å². The summed E-state index contributed by atoms with van der Waals surface area (Å²) >= 11 is 11.9. The molecule has 8 heteroatoms. The van der Waals surface area contributed by atoms with Crippen LogP contribution < -0.4 is 5.32 Å². The summed E-state index contributed by atoms with van der Waals surface area (Å²) in [6.07, 6.45) is 0. The number of halogens is 2. The summed E-state index contributed by atoms with van der Waals surface area (Å²) < 4.78 is 1.43. The Kier molecular flexibility index (Phi) is 5.44. The summed E-state index contributed by atoms with van der Waals surface area (Å²) in [5.74, 6) is -1.61. The fourth-order valence-corrected chi connectivity index (χ4v) is 2.63. The Bertz CT molecular complexity index is 833. The van der Waals surface area contributed by atoms with Gasteiger partial charge in [-0.2, -0.15) is 5.10 Å². The van der Waals surface area contributed by atoms with E-state index in [1.54, 1.807) is 13.1 Å². The second-order valence-corrected chi connectivity index (χ2v) is 7.06. The zero-order chi connectivity index (χ0) is 18.9. The zero-order valence-corrected chi connectivity index (χ0v) is 15.8. The number of nitrogens with one attached hydrogen (secondary N) is 1. The van der Waals surface area contributed by atoms with Gasteiger partial charge in [-0.05, 0) is 36.6 Å². The molecule has 1 heterocycles. The fourth-order valence-electron chi connectivity index (χ4n) is 2.33. The minimum atomic E-state index is -1.67.